The minimum atomic E-state index is -3.70. The molecule has 0 aliphatic heterocycles. The molecule has 0 aromatic heterocycles. The number of alkyl halides is 5. The summed E-state index contributed by atoms with van der Waals surface area (Å²) >= 11 is 9.28. The fourth-order valence-electron chi connectivity index (χ4n) is 0.213. The Balaban J connectivity index is 4.10. The monoisotopic (exact) mass is 301 g/mol. The van der Waals surface area contributed by atoms with Crippen molar-refractivity contribution < 1.29 is 13.2 Å². The molecule has 0 amide bonds. The van der Waals surface area contributed by atoms with Crippen molar-refractivity contribution in [1.29, 1.82) is 0 Å². The van der Waals surface area contributed by atoms with Gasteiger partial charge in [0.05, 0.1) is 0 Å². The molecule has 1 unspecified atom stereocenters. The molecular weight excluding hydrogens is 300 g/mol. The second kappa shape index (κ2) is 3.63. The van der Waals surface area contributed by atoms with Gasteiger partial charge in [0.1, 0.15) is 0 Å². The first-order valence-electron chi connectivity index (χ1n) is 2.17. The van der Waals surface area contributed by atoms with Gasteiger partial charge < -0.3 is 0 Å². The summed E-state index contributed by atoms with van der Waals surface area (Å²) in [4.78, 5) is -3.70. The Labute approximate surface area is 78.4 Å². The first-order valence-corrected chi connectivity index (χ1v) is 4.26. The third-order valence-electron chi connectivity index (χ3n) is 0.748. The van der Waals surface area contributed by atoms with E-state index in [1.54, 1.807) is 0 Å². The zero-order valence-corrected chi connectivity index (χ0v) is 8.48. The van der Waals surface area contributed by atoms with E-state index >= 15 is 0 Å². The normalized spacial score (nSPS) is 18.6. The van der Waals surface area contributed by atoms with E-state index in [4.69, 9.17) is 11.6 Å². The highest BCUT2D eigenvalue weighted by Gasteiger charge is 2.51. The Bertz CT molecular complexity index is 112. The molecule has 0 fully saturated rings. The van der Waals surface area contributed by atoms with Gasteiger partial charge in [-0.1, -0.05) is 27.5 Å². The van der Waals surface area contributed by atoms with Crippen LogP contribution in [0.1, 0.15) is 6.42 Å². The molecule has 0 rings (SSSR count). The maximum absolute atomic E-state index is 12.5. The standard InChI is InChI=1S/C4H3Br2ClF3/c5-2-1-3(7,8)4(6,9)10/h2H,1H2. The van der Waals surface area contributed by atoms with Gasteiger partial charge in [-0.25, -0.2) is 4.39 Å². The topological polar surface area (TPSA) is 0 Å². The van der Waals surface area contributed by atoms with Gasteiger partial charge in [-0.15, -0.1) is 0 Å². The predicted molar refractivity (Wildman–Crippen MR) is 41.4 cm³/mol. The van der Waals surface area contributed by atoms with Crippen LogP contribution in [-0.2, 0) is 0 Å². The van der Waals surface area contributed by atoms with Crippen LogP contribution < -0.4 is 0 Å². The largest absolute Gasteiger partial charge is 0.348 e. The van der Waals surface area contributed by atoms with Crippen LogP contribution in [0.15, 0.2) is 0 Å². The van der Waals surface area contributed by atoms with Crippen molar-refractivity contribution in [3.05, 3.63) is 5.33 Å². The summed E-state index contributed by atoms with van der Waals surface area (Å²) in [5.74, 6) is 0. The van der Waals surface area contributed by atoms with Gasteiger partial charge in [0.2, 0.25) is 0 Å². The molecule has 0 nitrogen and oxygen atoms in total. The van der Waals surface area contributed by atoms with E-state index in [9.17, 15) is 13.2 Å². The van der Waals surface area contributed by atoms with Crippen molar-refractivity contribution in [3.8, 4) is 0 Å². The fraction of sp³-hybridized carbons (Fsp3) is 0.750. The molecule has 0 aliphatic rings. The number of rotatable bonds is 3. The molecule has 0 saturated heterocycles. The number of halogens is 6. The Morgan fingerprint density at radius 3 is 1.90 bits per heavy atom. The highest BCUT2D eigenvalue weighted by molar-refractivity contribution is 9.10. The molecule has 0 heterocycles. The third kappa shape index (κ3) is 2.96. The summed E-state index contributed by atoms with van der Waals surface area (Å²) < 4.78 is 36.6. The SMILES string of the molecule is FC(F)(Br)C(F)(Cl)C[CH]Br. The predicted octanol–water partition coefficient (Wildman–Crippen LogP) is 3.83. The molecule has 10 heavy (non-hydrogen) atoms. The summed E-state index contributed by atoms with van der Waals surface area (Å²) in [5, 5.41) is -2.01. The third-order valence-corrected chi connectivity index (χ3v) is 2.32. The molecule has 0 aromatic carbocycles. The first kappa shape index (κ1) is 11.0. The summed E-state index contributed by atoms with van der Waals surface area (Å²) in [6.07, 6.45) is -0.577. The van der Waals surface area contributed by atoms with Crippen LogP contribution in [0.3, 0.4) is 0 Å². The van der Waals surface area contributed by atoms with Crippen LogP contribution in [0.5, 0.6) is 0 Å². The maximum atomic E-state index is 12.5. The lowest BCUT2D eigenvalue weighted by molar-refractivity contribution is -0.00386. The van der Waals surface area contributed by atoms with Gasteiger partial charge in [0.25, 0.3) is 5.13 Å². The average molecular weight is 303 g/mol. The van der Waals surface area contributed by atoms with E-state index in [1.807, 2.05) is 15.9 Å². The van der Waals surface area contributed by atoms with Crippen LogP contribution in [0.4, 0.5) is 13.2 Å². The summed E-state index contributed by atoms with van der Waals surface area (Å²) in [7, 11) is 0. The average Bonchev–Trinajstić information content (AvgIpc) is 1.61. The molecule has 0 aromatic rings. The molecule has 0 spiro atoms. The Morgan fingerprint density at radius 1 is 1.40 bits per heavy atom. The second-order valence-corrected chi connectivity index (χ2v) is 3.80. The molecule has 0 saturated carbocycles. The van der Waals surface area contributed by atoms with Crippen molar-refractivity contribution in [2.24, 2.45) is 0 Å². The highest BCUT2D eigenvalue weighted by Crippen LogP contribution is 2.44. The van der Waals surface area contributed by atoms with Crippen molar-refractivity contribution in [1.82, 2.24) is 0 Å². The van der Waals surface area contributed by atoms with Gasteiger partial charge in [0, 0.05) is 11.8 Å². The molecule has 6 heteroatoms. The van der Waals surface area contributed by atoms with Crippen LogP contribution >= 0.6 is 43.5 Å². The van der Waals surface area contributed by atoms with Crippen molar-refractivity contribution >= 4 is 43.5 Å². The van der Waals surface area contributed by atoms with Gasteiger partial charge in [-0.05, 0) is 15.9 Å². The van der Waals surface area contributed by atoms with E-state index in [1.165, 1.54) is 0 Å². The Hall–Kier alpha value is 1.04. The minimum Gasteiger partial charge on any atom is -0.218 e. The lowest BCUT2D eigenvalue weighted by atomic mass is 10.3. The molecule has 0 aliphatic carbocycles. The van der Waals surface area contributed by atoms with E-state index < -0.39 is 16.4 Å². The van der Waals surface area contributed by atoms with E-state index in [0.29, 0.717) is 0 Å². The Kier molecular flexibility index (Phi) is 4.00. The van der Waals surface area contributed by atoms with Crippen molar-refractivity contribution in [2.45, 2.75) is 16.4 Å². The molecular formula is C4H3Br2ClF3. The smallest absolute Gasteiger partial charge is 0.218 e. The lowest BCUT2D eigenvalue weighted by Crippen LogP contribution is -2.33. The summed E-state index contributed by atoms with van der Waals surface area (Å²) in [6, 6.07) is 0. The zero-order chi connectivity index (χ0) is 8.41. The van der Waals surface area contributed by atoms with E-state index in [0.717, 1.165) is 5.33 Å². The Morgan fingerprint density at radius 2 is 1.80 bits per heavy atom. The quantitative estimate of drug-likeness (QED) is 0.695. The minimum absolute atomic E-state index is 0.577. The van der Waals surface area contributed by atoms with Crippen LogP contribution in [-0.4, -0.2) is 9.96 Å². The van der Waals surface area contributed by atoms with Crippen LogP contribution in [0.25, 0.3) is 0 Å². The first-order chi connectivity index (χ1) is 4.31. The fourth-order valence-corrected chi connectivity index (χ4v) is 1.08. The molecule has 1 radical (unpaired) electrons. The van der Waals surface area contributed by atoms with Gasteiger partial charge in [-0.3, -0.25) is 0 Å². The van der Waals surface area contributed by atoms with E-state index in [-0.39, 0.29) is 0 Å². The maximum Gasteiger partial charge on any atom is 0.348 e. The van der Waals surface area contributed by atoms with Crippen LogP contribution in [0.2, 0.25) is 0 Å². The van der Waals surface area contributed by atoms with E-state index in [2.05, 4.69) is 15.9 Å². The summed E-state index contributed by atoms with van der Waals surface area (Å²) in [6.45, 7) is 0. The van der Waals surface area contributed by atoms with Gasteiger partial charge >= 0.3 is 4.83 Å². The lowest BCUT2D eigenvalue weighted by Gasteiger charge is -2.21. The highest BCUT2D eigenvalue weighted by atomic mass is 79.9. The van der Waals surface area contributed by atoms with Crippen molar-refractivity contribution in [3.63, 3.8) is 0 Å². The molecule has 1 atom stereocenters. The van der Waals surface area contributed by atoms with Gasteiger partial charge in [0.15, 0.2) is 0 Å². The number of hydrogen-bond acceptors (Lipinski definition) is 0. The van der Waals surface area contributed by atoms with Crippen LogP contribution in [0, 0.1) is 5.33 Å². The van der Waals surface area contributed by atoms with Crippen molar-refractivity contribution in [2.75, 3.05) is 0 Å². The molecule has 61 valence electrons. The molecule has 0 N–H and O–H groups in total. The van der Waals surface area contributed by atoms with Gasteiger partial charge in [-0.2, -0.15) is 8.78 Å². The zero-order valence-electron chi connectivity index (χ0n) is 4.55. The molecule has 0 bridgehead atoms. The number of hydrogen-bond donors (Lipinski definition) is 0. The summed E-state index contributed by atoms with van der Waals surface area (Å²) in [5.41, 5.74) is 0. The second-order valence-electron chi connectivity index (χ2n) is 1.56.